The van der Waals surface area contributed by atoms with E-state index < -0.39 is 26.6 Å². The average molecular weight is 595 g/mol. The molecular weight excluding hydrogens is 566 g/mol. The smallest absolute Gasteiger partial charge is 1.00 e. The number of allylic oxidation sites excluding steroid dienone is 2. The minimum atomic E-state index is -1.91. The third-order valence-corrected chi connectivity index (χ3v) is 36.8. The number of benzene rings is 2. The molecule has 4 rings (SSSR count). The molecule has 0 spiro atoms. The van der Waals surface area contributed by atoms with Crippen molar-refractivity contribution in [2.45, 2.75) is 48.1 Å². The van der Waals surface area contributed by atoms with E-state index in [1.54, 1.807) is 11.1 Å². The fraction of sp³-hybridized carbons (Fsp3) is 0.333. The first-order valence-corrected chi connectivity index (χ1v) is 23.1. The van der Waals surface area contributed by atoms with Gasteiger partial charge in [0.2, 0.25) is 0 Å². The van der Waals surface area contributed by atoms with Crippen molar-refractivity contribution in [3.8, 4) is 0 Å². The van der Waals surface area contributed by atoms with Crippen LogP contribution in [0.15, 0.2) is 36.4 Å². The van der Waals surface area contributed by atoms with Crippen LogP contribution in [0.2, 0.25) is 13.1 Å². The van der Waals surface area contributed by atoms with Crippen molar-refractivity contribution >= 4 is 18.1 Å². The largest absolute Gasteiger partial charge is 1.00 e. The third kappa shape index (κ3) is 4.08. The second-order valence-electron chi connectivity index (χ2n) is 8.46. The molecule has 28 heavy (non-hydrogen) atoms. The number of hydrogen-bond donors (Lipinski definition) is 0. The Morgan fingerprint density at radius 2 is 1.00 bits per heavy atom. The summed E-state index contributed by atoms with van der Waals surface area (Å²) in [5.74, 6) is -0.655. The van der Waals surface area contributed by atoms with Crippen LogP contribution in [0.5, 0.6) is 0 Å². The molecule has 0 nitrogen and oxygen atoms in total. The van der Waals surface area contributed by atoms with Crippen LogP contribution in [0.4, 0.5) is 0 Å². The van der Waals surface area contributed by atoms with Crippen molar-refractivity contribution in [2.24, 2.45) is 0 Å². The molecule has 0 aromatic heterocycles. The molecule has 0 saturated carbocycles. The van der Waals surface area contributed by atoms with Gasteiger partial charge in [0.15, 0.2) is 0 Å². The summed E-state index contributed by atoms with van der Waals surface area (Å²) in [6.45, 7) is 14.3. The molecule has 2 aliphatic carbocycles. The summed E-state index contributed by atoms with van der Waals surface area (Å²) in [4.78, 5) is 0. The fourth-order valence-corrected chi connectivity index (χ4v) is 34.4. The van der Waals surface area contributed by atoms with E-state index in [0.717, 1.165) is 7.35 Å². The molecule has 2 unspecified atom stereocenters. The van der Waals surface area contributed by atoms with Gasteiger partial charge in [0.1, 0.15) is 0 Å². The Bertz CT molecular complexity index is 873. The molecule has 2 aromatic rings. The van der Waals surface area contributed by atoms with Crippen LogP contribution in [0, 0.1) is 27.7 Å². The van der Waals surface area contributed by atoms with Crippen molar-refractivity contribution in [3.05, 3.63) is 80.9 Å². The average Bonchev–Trinajstić information content (AvgIpc) is 3.14. The molecular formula is C24H29Cl2HfSi. The van der Waals surface area contributed by atoms with E-state index >= 15 is 0 Å². The number of hydrogen-bond acceptors (Lipinski definition) is 0. The molecule has 0 heterocycles. The van der Waals surface area contributed by atoms with Crippen LogP contribution in [-0.2, 0) is 20.6 Å². The predicted octanol–water partition coefficient (Wildman–Crippen LogP) is 0.366. The Morgan fingerprint density at radius 3 is 1.36 bits per heavy atom. The van der Waals surface area contributed by atoms with Crippen LogP contribution in [0.3, 0.4) is 0 Å². The van der Waals surface area contributed by atoms with Gasteiger partial charge in [-0.3, -0.25) is 0 Å². The number of aryl methyl sites for hydroxylation is 4. The zero-order valence-electron chi connectivity index (χ0n) is 17.6. The van der Waals surface area contributed by atoms with Crippen LogP contribution in [-0.4, -0.2) is 5.98 Å². The van der Waals surface area contributed by atoms with Crippen molar-refractivity contribution in [2.75, 3.05) is 0 Å². The van der Waals surface area contributed by atoms with E-state index in [9.17, 15) is 0 Å². The Labute approximate surface area is 191 Å². The van der Waals surface area contributed by atoms with E-state index in [1.165, 1.54) is 33.4 Å². The maximum atomic E-state index is 2.63. The fourth-order valence-electron chi connectivity index (χ4n) is 4.65. The van der Waals surface area contributed by atoms with E-state index in [2.05, 4.69) is 89.4 Å². The summed E-state index contributed by atoms with van der Waals surface area (Å²) in [6.07, 6.45) is 10.0. The van der Waals surface area contributed by atoms with Crippen molar-refractivity contribution < 1.29 is 45.4 Å². The Hall–Kier alpha value is -0.413. The summed E-state index contributed by atoms with van der Waals surface area (Å²) < 4.78 is 1.56. The molecule has 2 atom stereocenters. The van der Waals surface area contributed by atoms with E-state index in [0.29, 0.717) is 0 Å². The minimum Gasteiger partial charge on any atom is -1.00 e. The predicted molar refractivity (Wildman–Crippen MR) is 114 cm³/mol. The third-order valence-electron chi connectivity index (χ3n) is 6.39. The molecule has 0 bridgehead atoms. The molecule has 0 saturated heterocycles. The van der Waals surface area contributed by atoms with E-state index in [-0.39, 0.29) is 24.8 Å². The van der Waals surface area contributed by atoms with Gasteiger partial charge in [-0.1, -0.05) is 0 Å². The normalized spacial score (nSPS) is 18.5. The van der Waals surface area contributed by atoms with Crippen molar-refractivity contribution in [1.29, 1.82) is 0 Å². The van der Waals surface area contributed by atoms with Crippen LogP contribution < -0.4 is 24.8 Å². The summed E-state index contributed by atoms with van der Waals surface area (Å²) in [5, 5.41) is 0. The first-order valence-electron chi connectivity index (χ1n) is 9.82. The summed E-state index contributed by atoms with van der Waals surface area (Å²) in [5.41, 5.74) is 12.1. The number of fused-ring (bicyclic) bond motifs is 2. The first-order chi connectivity index (χ1) is 12.4. The van der Waals surface area contributed by atoms with Crippen molar-refractivity contribution in [1.82, 2.24) is 0 Å². The van der Waals surface area contributed by atoms with Gasteiger partial charge in [0, 0.05) is 0 Å². The van der Waals surface area contributed by atoms with Crippen LogP contribution in [0.25, 0.3) is 12.2 Å². The Balaban J connectivity index is 0.00000140. The van der Waals surface area contributed by atoms with Gasteiger partial charge >= 0.3 is 168 Å². The van der Waals surface area contributed by atoms with Crippen LogP contribution >= 0.6 is 0 Å². The van der Waals surface area contributed by atoms with Gasteiger partial charge in [0.05, 0.1) is 0 Å². The number of halogens is 2. The van der Waals surface area contributed by atoms with E-state index in [4.69, 9.17) is 0 Å². The standard InChI is InChI=1S/2C11H11.C2H7Si.2ClH.Hf/c2*1-8-6-10-4-3-5-11(10)7-9(8)2;1-3-2;;;/h2*3-7H,1-2H3;3H,1-2H3;2*1H;/q;;;;;+2/p-2. The van der Waals surface area contributed by atoms with Gasteiger partial charge < -0.3 is 24.8 Å². The topological polar surface area (TPSA) is 0 Å². The Morgan fingerprint density at radius 1 is 0.643 bits per heavy atom. The molecule has 0 N–H and O–H groups in total. The quantitative estimate of drug-likeness (QED) is 0.451. The molecule has 0 aliphatic heterocycles. The Kier molecular flexibility index (Phi) is 7.81. The summed E-state index contributed by atoms with van der Waals surface area (Å²) in [6, 6.07) is 9.85. The second-order valence-corrected chi connectivity index (χ2v) is 36.7. The first kappa shape index (κ1) is 23.9. The van der Waals surface area contributed by atoms with E-state index in [1.807, 2.05) is 0 Å². The molecule has 2 aromatic carbocycles. The minimum absolute atomic E-state index is 0. The van der Waals surface area contributed by atoms with Gasteiger partial charge in [-0.25, -0.2) is 0 Å². The second kappa shape index (κ2) is 9.16. The van der Waals surface area contributed by atoms with Crippen molar-refractivity contribution in [3.63, 3.8) is 0 Å². The summed E-state index contributed by atoms with van der Waals surface area (Å²) >= 11 is -1.91. The monoisotopic (exact) mass is 595 g/mol. The maximum absolute atomic E-state index is 2.63. The van der Waals surface area contributed by atoms with Gasteiger partial charge in [-0.15, -0.1) is 0 Å². The van der Waals surface area contributed by atoms with Gasteiger partial charge in [0.25, 0.3) is 0 Å². The zero-order chi connectivity index (χ0) is 18.6. The SMILES string of the molecule is Cc1cc2c(cc1C)[CH]([Hf+2]([CH]1C=Cc3cc(C)c(C)cc31)[SiH](C)C)C=C2.[Cl-].[Cl-]. The van der Waals surface area contributed by atoms with Crippen LogP contribution in [0.1, 0.15) is 51.9 Å². The molecule has 147 valence electrons. The molecule has 0 radical (unpaired) electrons. The molecule has 2 aliphatic rings. The molecule has 0 amide bonds. The zero-order valence-corrected chi connectivity index (χ0v) is 23.9. The summed E-state index contributed by atoms with van der Waals surface area (Å²) in [7, 11) is 0. The molecule has 0 fully saturated rings. The molecule has 4 heteroatoms. The van der Waals surface area contributed by atoms with Gasteiger partial charge in [-0.05, 0) is 0 Å². The maximum Gasteiger partial charge on any atom is -1.00 e. The van der Waals surface area contributed by atoms with Gasteiger partial charge in [-0.2, -0.15) is 0 Å². The number of rotatable bonds is 3.